The van der Waals surface area contributed by atoms with Gasteiger partial charge in [-0.15, -0.1) is 0 Å². The summed E-state index contributed by atoms with van der Waals surface area (Å²) in [6.07, 6.45) is 1.63. The van der Waals surface area contributed by atoms with Crippen LogP contribution in [0.3, 0.4) is 0 Å². The molecule has 0 unspecified atom stereocenters. The van der Waals surface area contributed by atoms with Gasteiger partial charge in [-0.25, -0.2) is 8.42 Å². The molecule has 0 atom stereocenters. The lowest BCUT2D eigenvalue weighted by Gasteiger charge is -2.16. The van der Waals surface area contributed by atoms with E-state index in [1.807, 2.05) is 26.0 Å². The van der Waals surface area contributed by atoms with Crippen LogP contribution >= 0.6 is 11.6 Å². The van der Waals surface area contributed by atoms with Crippen molar-refractivity contribution in [2.45, 2.75) is 31.6 Å². The quantitative estimate of drug-likeness (QED) is 0.708. The number of rotatable bonds is 6. The van der Waals surface area contributed by atoms with Crippen LogP contribution in [0, 0.1) is 13.8 Å². The van der Waals surface area contributed by atoms with Crippen LogP contribution in [0.1, 0.15) is 34.3 Å². The molecule has 1 aliphatic rings. The highest BCUT2D eigenvalue weighted by atomic mass is 35.5. The van der Waals surface area contributed by atoms with Crippen LogP contribution in [0.2, 0.25) is 5.02 Å². The van der Waals surface area contributed by atoms with E-state index in [4.69, 9.17) is 11.6 Å². The van der Waals surface area contributed by atoms with E-state index in [-0.39, 0.29) is 22.0 Å². The first kappa shape index (κ1) is 22.3. The summed E-state index contributed by atoms with van der Waals surface area (Å²) in [7, 11) is -3.68. The zero-order valence-electron chi connectivity index (χ0n) is 16.9. The van der Waals surface area contributed by atoms with Crippen molar-refractivity contribution in [3.63, 3.8) is 0 Å². The van der Waals surface area contributed by atoms with E-state index in [9.17, 15) is 18.0 Å². The van der Waals surface area contributed by atoms with Gasteiger partial charge in [0.2, 0.25) is 15.9 Å². The van der Waals surface area contributed by atoms with E-state index in [1.165, 1.54) is 22.5 Å². The maximum Gasteiger partial charge on any atom is 0.253 e. The van der Waals surface area contributed by atoms with Crippen LogP contribution in [0.4, 0.5) is 5.69 Å². The minimum atomic E-state index is -3.68. The monoisotopic (exact) mass is 449 g/mol. The minimum absolute atomic E-state index is 0.0106. The molecule has 30 heavy (non-hydrogen) atoms. The van der Waals surface area contributed by atoms with Crippen molar-refractivity contribution in [1.82, 2.24) is 9.62 Å². The van der Waals surface area contributed by atoms with E-state index in [0.29, 0.717) is 18.8 Å². The van der Waals surface area contributed by atoms with E-state index >= 15 is 0 Å². The number of sulfonamides is 1. The molecule has 2 amide bonds. The molecule has 0 radical (unpaired) electrons. The third-order valence-corrected chi connectivity index (χ3v) is 7.40. The molecule has 0 saturated carbocycles. The van der Waals surface area contributed by atoms with Crippen molar-refractivity contribution in [1.29, 1.82) is 0 Å². The predicted molar refractivity (Wildman–Crippen MR) is 116 cm³/mol. The smallest absolute Gasteiger partial charge is 0.253 e. The summed E-state index contributed by atoms with van der Waals surface area (Å²) in [4.78, 5) is 24.8. The number of aryl methyl sites for hydroxylation is 1. The number of halogens is 1. The summed E-state index contributed by atoms with van der Waals surface area (Å²) in [5.74, 6) is -1.01. The number of benzene rings is 2. The maximum atomic E-state index is 12.7. The summed E-state index contributed by atoms with van der Waals surface area (Å²) >= 11 is 6.11. The van der Waals surface area contributed by atoms with Crippen LogP contribution in [-0.2, 0) is 14.8 Å². The molecule has 1 fully saturated rings. The summed E-state index contributed by atoms with van der Waals surface area (Å²) in [5, 5.41) is 5.37. The van der Waals surface area contributed by atoms with Gasteiger partial charge in [0.25, 0.3) is 5.91 Å². The number of carbonyl (C=O) groups is 2. The summed E-state index contributed by atoms with van der Waals surface area (Å²) in [6.45, 7) is 4.50. The van der Waals surface area contributed by atoms with E-state index in [0.717, 1.165) is 24.0 Å². The Morgan fingerprint density at radius 1 is 1.10 bits per heavy atom. The summed E-state index contributed by atoms with van der Waals surface area (Å²) < 4.78 is 26.9. The number of carbonyl (C=O) groups excluding carboxylic acids is 2. The summed E-state index contributed by atoms with van der Waals surface area (Å²) in [5.41, 5.74) is 2.67. The number of hydrogen-bond acceptors (Lipinski definition) is 4. The lowest BCUT2D eigenvalue weighted by atomic mass is 10.1. The lowest BCUT2D eigenvalue weighted by molar-refractivity contribution is -0.115. The van der Waals surface area contributed by atoms with Gasteiger partial charge in [-0.2, -0.15) is 4.31 Å². The van der Waals surface area contributed by atoms with E-state index in [2.05, 4.69) is 10.6 Å². The van der Waals surface area contributed by atoms with Crippen molar-refractivity contribution in [2.75, 3.05) is 25.0 Å². The topological polar surface area (TPSA) is 95.6 Å². The zero-order chi connectivity index (χ0) is 21.9. The fourth-order valence-electron chi connectivity index (χ4n) is 3.25. The molecular formula is C21H24ClN3O4S. The molecule has 3 rings (SSSR count). The highest BCUT2D eigenvalue weighted by Crippen LogP contribution is 2.25. The van der Waals surface area contributed by atoms with Crippen molar-refractivity contribution < 1.29 is 18.0 Å². The normalized spacial score (nSPS) is 14.5. The largest absolute Gasteiger partial charge is 0.343 e. The molecule has 1 saturated heterocycles. The van der Waals surface area contributed by atoms with Gasteiger partial charge in [0.05, 0.1) is 22.0 Å². The molecule has 2 aromatic carbocycles. The van der Waals surface area contributed by atoms with Crippen LogP contribution < -0.4 is 10.6 Å². The van der Waals surface area contributed by atoms with Gasteiger partial charge in [0.15, 0.2) is 0 Å². The summed E-state index contributed by atoms with van der Waals surface area (Å²) in [6, 6.07) is 9.59. The van der Waals surface area contributed by atoms with Crippen LogP contribution in [0.15, 0.2) is 41.3 Å². The van der Waals surface area contributed by atoms with Gasteiger partial charge in [-0.3, -0.25) is 9.59 Å². The average Bonchev–Trinajstić information content (AvgIpc) is 3.25. The van der Waals surface area contributed by atoms with Crippen LogP contribution in [-0.4, -0.2) is 44.2 Å². The third kappa shape index (κ3) is 4.83. The fraction of sp³-hybridized carbons (Fsp3) is 0.333. The second kappa shape index (κ2) is 9.16. The first-order chi connectivity index (χ1) is 14.2. The van der Waals surface area contributed by atoms with Gasteiger partial charge in [-0.05, 0) is 62.1 Å². The van der Waals surface area contributed by atoms with Gasteiger partial charge in [0.1, 0.15) is 0 Å². The molecule has 160 valence electrons. The number of anilines is 1. The van der Waals surface area contributed by atoms with Gasteiger partial charge < -0.3 is 10.6 Å². The second-order valence-corrected chi connectivity index (χ2v) is 9.58. The Morgan fingerprint density at radius 2 is 1.80 bits per heavy atom. The Morgan fingerprint density at radius 3 is 2.50 bits per heavy atom. The first-order valence-electron chi connectivity index (χ1n) is 9.64. The molecule has 0 spiro atoms. The van der Waals surface area contributed by atoms with Crippen LogP contribution in [0.25, 0.3) is 0 Å². The standard InChI is InChI=1S/C21H24ClN3O4S/c1-14-6-5-7-19(15(14)2)24-20(26)13-23-21(27)17-12-16(8-9-18(17)22)30(28,29)25-10-3-4-11-25/h5-9,12H,3-4,10-11,13H2,1-2H3,(H,23,27)(H,24,26). The molecular weight excluding hydrogens is 426 g/mol. The van der Waals surface area contributed by atoms with Crippen molar-refractivity contribution in [3.05, 3.63) is 58.1 Å². The Kier molecular flexibility index (Phi) is 6.80. The Labute approximate surface area is 181 Å². The minimum Gasteiger partial charge on any atom is -0.343 e. The third-order valence-electron chi connectivity index (χ3n) is 5.17. The predicted octanol–water partition coefficient (Wildman–Crippen LogP) is 3.11. The highest BCUT2D eigenvalue weighted by molar-refractivity contribution is 7.89. The molecule has 0 bridgehead atoms. The van der Waals surface area contributed by atoms with Gasteiger partial charge >= 0.3 is 0 Å². The number of hydrogen-bond donors (Lipinski definition) is 2. The Balaban J connectivity index is 1.69. The molecule has 7 nitrogen and oxygen atoms in total. The molecule has 1 heterocycles. The molecule has 1 aliphatic heterocycles. The van der Waals surface area contributed by atoms with Crippen molar-refractivity contribution >= 4 is 39.1 Å². The number of amides is 2. The number of nitrogens with one attached hydrogen (secondary N) is 2. The molecule has 2 aromatic rings. The zero-order valence-corrected chi connectivity index (χ0v) is 18.4. The highest BCUT2D eigenvalue weighted by Gasteiger charge is 2.28. The van der Waals surface area contributed by atoms with Gasteiger partial charge in [0, 0.05) is 18.8 Å². The van der Waals surface area contributed by atoms with Gasteiger partial charge in [-0.1, -0.05) is 23.7 Å². The van der Waals surface area contributed by atoms with Crippen molar-refractivity contribution in [3.8, 4) is 0 Å². The van der Waals surface area contributed by atoms with E-state index < -0.39 is 21.8 Å². The second-order valence-electron chi connectivity index (χ2n) is 7.23. The Hall–Kier alpha value is -2.42. The SMILES string of the molecule is Cc1cccc(NC(=O)CNC(=O)c2cc(S(=O)(=O)N3CCCC3)ccc2Cl)c1C. The van der Waals surface area contributed by atoms with Crippen LogP contribution in [0.5, 0.6) is 0 Å². The molecule has 0 aliphatic carbocycles. The Bertz CT molecular complexity index is 1080. The van der Waals surface area contributed by atoms with Crippen molar-refractivity contribution in [2.24, 2.45) is 0 Å². The lowest BCUT2D eigenvalue weighted by Crippen LogP contribution is -2.33. The maximum absolute atomic E-state index is 12.7. The molecule has 9 heteroatoms. The first-order valence-corrected chi connectivity index (χ1v) is 11.5. The van der Waals surface area contributed by atoms with E-state index in [1.54, 1.807) is 6.07 Å². The molecule has 2 N–H and O–H groups in total. The fourth-order valence-corrected chi connectivity index (χ4v) is 5.00. The average molecular weight is 450 g/mol. The number of nitrogens with zero attached hydrogens (tertiary/aromatic N) is 1. The molecule has 0 aromatic heterocycles.